The Balaban J connectivity index is 0.000000187. The molecule has 0 amide bonds. The van der Waals surface area contributed by atoms with Crippen LogP contribution in [0.3, 0.4) is 0 Å². The third kappa shape index (κ3) is 9.66. The highest BCUT2D eigenvalue weighted by molar-refractivity contribution is 4.63. The van der Waals surface area contributed by atoms with Gasteiger partial charge in [0.2, 0.25) is 0 Å². The van der Waals surface area contributed by atoms with Crippen molar-refractivity contribution < 1.29 is 9.47 Å². The molecule has 2 heteroatoms. The van der Waals surface area contributed by atoms with E-state index >= 15 is 0 Å². The van der Waals surface area contributed by atoms with Crippen LogP contribution in [0.15, 0.2) is 12.7 Å². The lowest BCUT2D eigenvalue weighted by molar-refractivity contribution is -0.0334. The van der Waals surface area contributed by atoms with Crippen LogP contribution in [-0.4, -0.2) is 26.4 Å². The zero-order valence-electron chi connectivity index (χ0n) is 7.34. The third-order valence-corrected chi connectivity index (χ3v) is 1.24. The average molecular weight is 158 g/mol. The lowest BCUT2D eigenvalue weighted by Gasteiger charge is -2.09. The predicted octanol–water partition coefficient (Wildman–Crippen LogP) is 2.01. The van der Waals surface area contributed by atoms with Gasteiger partial charge in [-0.1, -0.05) is 19.4 Å². The zero-order chi connectivity index (χ0) is 8.36. The maximum absolute atomic E-state index is 4.94. The third-order valence-electron chi connectivity index (χ3n) is 1.24. The molecule has 0 saturated carbocycles. The van der Waals surface area contributed by atoms with Gasteiger partial charge in [0.1, 0.15) is 0 Å². The summed E-state index contributed by atoms with van der Waals surface area (Å²) in [6.07, 6.45) is 4.31. The van der Waals surface area contributed by atoms with Crippen LogP contribution in [0.2, 0.25) is 0 Å². The molecule has 0 aromatic heterocycles. The fourth-order valence-corrected chi connectivity index (χ4v) is 0.644. The van der Waals surface area contributed by atoms with Crippen molar-refractivity contribution in [1.29, 1.82) is 0 Å². The largest absolute Gasteiger partial charge is 0.377 e. The van der Waals surface area contributed by atoms with Gasteiger partial charge in [-0.15, -0.1) is 6.58 Å². The molecule has 0 spiro atoms. The molecule has 0 atom stereocenters. The fraction of sp³-hybridized carbons (Fsp3) is 0.778. The summed E-state index contributed by atoms with van der Waals surface area (Å²) in [7, 11) is 0. The summed E-state index contributed by atoms with van der Waals surface area (Å²) in [5.41, 5.74) is 0. The van der Waals surface area contributed by atoms with Gasteiger partial charge < -0.3 is 9.47 Å². The van der Waals surface area contributed by atoms with E-state index in [0.29, 0.717) is 0 Å². The van der Waals surface area contributed by atoms with E-state index in [9.17, 15) is 0 Å². The average Bonchev–Trinajstić information content (AvgIpc) is 2.10. The Bertz CT molecular complexity index is 66.1. The maximum Gasteiger partial charge on any atom is 0.0701 e. The van der Waals surface area contributed by atoms with Gasteiger partial charge in [0.15, 0.2) is 0 Å². The molecule has 1 saturated heterocycles. The number of rotatable bonds is 2. The second kappa shape index (κ2) is 9.66. The molecular weight excluding hydrogens is 140 g/mol. The second-order valence-electron chi connectivity index (χ2n) is 2.30. The highest BCUT2D eigenvalue weighted by Crippen LogP contribution is 1.85. The van der Waals surface area contributed by atoms with E-state index < -0.39 is 0 Å². The Morgan fingerprint density at radius 3 is 1.73 bits per heavy atom. The van der Waals surface area contributed by atoms with Gasteiger partial charge >= 0.3 is 0 Å². The molecule has 0 aromatic rings. The van der Waals surface area contributed by atoms with E-state index in [4.69, 9.17) is 9.47 Å². The van der Waals surface area contributed by atoms with Gasteiger partial charge in [0, 0.05) is 0 Å². The van der Waals surface area contributed by atoms with Gasteiger partial charge in [-0.25, -0.2) is 0 Å². The van der Waals surface area contributed by atoms with E-state index in [2.05, 4.69) is 13.5 Å². The summed E-state index contributed by atoms with van der Waals surface area (Å²) in [5.74, 6) is 0. The highest BCUT2D eigenvalue weighted by atomic mass is 16.6. The molecule has 1 fully saturated rings. The van der Waals surface area contributed by atoms with E-state index in [0.717, 1.165) is 32.8 Å². The first-order chi connectivity index (χ1) is 5.41. The smallest absolute Gasteiger partial charge is 0.0701 e. The Hall–Kier alpha value is -0.340. The van der Waals surface area contributed by atoms with Crippen LogP contribution in [0.1, 0.15) is 19.8 Å². The van der Waals surface area contributed by atoms with Crippen molar-refractivity contribution in [3.63, 3.8) is 0 Å². The number of allylic oxidation sites excluding steroid dienone is 1. The maximum atomic E-state index is 4.94. The Labute approximate surface area is 69.2 Å². The van der Waals surface area contributed by atoms with Crippen LogP contribution in [0, 0.1) is 0 Å². The molecule has 0 radical (unpaired) electrons. The van der Waals surface area contributed by atoms with Crippen molar-refractivity contribution in [2.24, 2.45) is 0 Å². The molecular formula is C9H18O2. The molecule has 1 aliphatic rings. The molecule has 0 unspecified atom stereocenters. The minimum Gasteiger partial charge on any atom is -0.377 e. The van der Waals surface area contributed by atoms with Crippen molar-refractivity contribution in [2.75, 3.05) is 26.4 Å². The summed E-state index contributed by atoms with van der Waals surface area (Å²) >= 11 is 0. The molecule has 0 aromatic carbocycles. The lowest BCUT2D eigenvalue weighted by atomic mass is 10.3. The summed E-state index contributed by atoms with van der Waals surface area (Å²) < 4.78 is 9.89. The van der Waals surface area contributed by atoms with Crippen LogP contribution in [-0.2, 0) is 9.47 Å². The van der Waals surface area contributed by atoms with Crippen molar-refractivity contribution in [3.8, 4) is 0 Å². The van der Waals surface area contributed by atoms with E-state index in [1.54, 1.807) is 0 Å². The first-order valence-electron chi connectivity index (χ1n) is 4.18. The van der Waals surface area contributed by atoms with Gasteiger partial charge in [-0.05, 0) is 6.42 Å². The van der Waals surface area contributed by atoms with E-state index in [1.165, 1.54) is 6.42 Å². The second-order valence-corrected chi connectivity index (χ2v) is 2.30. The summed E-state index contributed by atoms with van der Waals surface area (Å²) in [6.45, 7) is 8.80. The molecule has 0 aliphatic carbocycles. The SMILES string of the molecule is C1COCCO1.C=CCCC. The molecule has 1 rings (SSSR count). The van der Waals surface area contributed by atoms with Gasteiger partial charge in [-0.2, -0.15) is 0 Å². The van der Waals surface area contributed by atoms with Crippen molar-refractivity contribution in [2.45, 2.75) is 19.8 Å². The lowest BCUT2D eigenvalue weighted by Crippen LogP contribution is -2.16. The van der Waals surface area contributed by atoms with E-state index in [1.807, 2.05) is 6.08 Å². The molecule has 1 aliphatic heterocycles. The Morgan fingerprint density at radius 2 is 1.64 bits per heavy atom. The number of hydrogen-bond acceptors (Lipinski definition) is 2. The first kappa shape index (κ1) is 10.7. The minimum atomic E-state index is 0.778. The van der Waals surface area contributed by atoms with Gasteiger partial charge in [-0.3, -0.25) is 0 Å². The number of unbranched alkanes of at least 4 members (excludes halogenated alkanes) is 1. The van der Waals surface area contributed by atoms with Crippen LogP contribution in [0.5, 0.6) is 0 Å². The molecule has 0 bridgehead atoms. The monoisotopic (exact) mass is 158 g/mol. The van der Waals surface area contributed by atoms with Crippen LogP contribution >= 0.6 is 0 Å². The fourth-order valence-electron chi connectivity index (χ4n) is 0.644. The highest BCUT2D eigenvalue weighted by Gasteiger charge is 1.94. The zero-order valence-corrected chi connectivity index (χ0v) is 7.34. The quantitative estimate of drug-likeness (QED) is 0.572. The van der Waals surface area contributed by atoms with Crippen molar-refractivity contribution in [1.82, 2.24) is 0 Å². The topological polar surface area (TPSA) is 18.5 Å². The van der Waals surface area contributed by atoms with Gasteiger partial charge in [0.05, 0.1) is 26.4 Å². The van der Waals surface area contributed by atoms with Crippen LogP contribution < -0.4 is 0 Å². The first-order valence-corrected chi connectivity index (χ1v) is 4.18. The van der Waals surface area contributed by atoms with Crippen molar-refractivity contribution >= 4 is 0 Å². The number of hydrogen-bond donors (Lipinski definition) is 0. The van der Waals surface area contributed by atoms with Crippen LogP contribution in [0.4, 0.5) is 0 Å². The van der Waals surface area contributed by atoms with Gasteiger partial charge in [0.25, 0.3) is 0 Å². The normalized spacial score (nSPS) is 16.5. The minimum absolute atomic E-state index is 0.778. The molecule has 1 heterocycles. The molecule has 66 valence electrons. The molecule has 11 heavy (non-hydrogen) atoms. The summed E-state index contributed by atoms with van der Waals surface area (Å²) in [5, 5.41) is 0. The molecule has 0 N–H and O–H groups in total. The Morgan fingerprint density at radius 1 is 1.18 bits per heavy atom. The Kier molecular flexibility index (Phi) is 9.36. The molecule has 2 nitrogen and oxygen atoms in total. The standard InChI is InChI=1S/C5H10.C4H8O2/c1-3-5-4-2;1-2-6-4-3-5-1/h3H,1,4-5H2,2H3;1-4H2. The predicted molar refractivity (Wildman–Crippen MR) is 46.7 cm³/mol. The van der Waals surface area contributed by atoms with Crippen LogP contribution in [0.25, 0.3) is 0 Å². The van der Waals surface area contributed by atoms with Crippen molar-refractivity contribution in [3.05, 3.63) is 12.7 Å². The summed E-state index contributed by atoms with van der Waals surface area (Å²) in [6, 6.07) is 0. The number of ether oxygens (including phenoxy) is 2. The van der Waals surface area contributed by atoms with E-state index in [-0.39, 0.29) is 0 Å². The summed E-state index contributed by atoms with van der Waals surface area (Å²) in [4.78, 5) is 0.